The van der Waals surface area contributed by atoms with Crippen LogP contribution in [0.4, 0.5) is 0 Å². The number of ether oxygens (including phenoxy) is 2. The van der Waals surface area contributed by atoms with E-state index in [1.165, 1.54) is 18.1 Å². The van der Waals surface area contributed by atoms with Crippen LogP contribution in [0, 0.1) is 5.92 Å². The highest BCUT2D eigenvalue weighted by molar-refractivity contribution is 5.66. The molecule has 25 heavy (non-hydrogen) atoms. The largest absolute Gasteiger partial charge is 0.459 e. The molecule has 2 rings (SSSR count). The second-order valence-corrected chi connectivity index (χ2v) is 8.61. The number of hydrogen-bond donors (Lipinski definition) is 0. The van der Waals surface area contributed by atoms with Gasteiger partial charge in [-0.2, -0.15) is 0 Å². The van der Waals surface area contributed by atoms with Crippen LogP contribution in [0.2, 0.25) is 0 Å². The Morgan fingerprint density at radius 3 is 2.52 bits per heavy atom. The van der Waals surface area contributed by atoms with E-state index in [9.17, 15) is 4.79 Å². The van der Waals surface area contributed by atoms with E-state index >= 15 is 0 Å². The van der Waals surface area contributed by atoms with Gasteiger partial charge in [0.25, 0.3) is 0 Å². The summed E-state index contributed by atoms with van der Waals surface area (Å²) in [5.41, 5.74) is 2.27. The van der Waals surface area contributed by atoms with Crippen molar-refractivity contribution >= 4 is 5.97 Å². The first-order valence-corrected chi connectivity index (χ1v) is 9.85. The molecule has 0 aliphatic carbocycles. The van der Waals surface area contributed by atoms with Crippen molar-refractivity contribution in [1.82, 2.24) is 0 Å². The Balaban J connectivity index is 2.35. The molecular formula is C22H36O3. The molecule has 0 amide bonds. The van der Waals surface area contributed by atoms with Crippen LogP contribution in [-0.4, -0.2) is 23.3 Å². The first-order chi connectivity index (χ1) is 11.7. The lowest BCUT2D eigenvalue weighted by Gasteiger charge is -2.39. The molecule has 2 aliphatic rings. The average Bonchev–Trinajstić information content (AvgIpc) is 2.88. The summed E-state index contributed by atoms with van der Waals surface area (Å²) in [5, 5.41) is 0. The lowest BCUT2D eigenvalue weighted by Crippen LogP contribution is -2.46. The van der Waals surface area contributed by atoms with E-state index in [0.29, 0.717) is 5.92 Å². The minimum Gasteiger partial charge on any atom is -0.459 e. The molecule has 3 atom stereocenters. The minimum atomic E-state index is -0.397. The molecule has 0 aromatic heterocycles. The van der Waals surface area contributed by atoms with Gasteiger partial charge in [-0.05, 0) is 71.6 Å². The summed E-state index contributed by atoms with van der Waals surface area (Å²) >= 11 is 0. The van der Waals surface area contributed by atoms with E-state index in [1.54, 1.807) is 0 Å². The summed E-state index contributed by atoms with van der Waals surface area (Å²) < 4.78 is 12.5. The van der Waals surface area contributed by atoms with Crippen molar-refractivity contribution in [2.24, 2.45) is 5.92 Å². The van der Waals surface area contributed by atoms with Gasteiger partial charge in [0.2, 0.25) is 0 Å². The summed E-state index contributed by atoms with van der Waals surface area (Å²) in [7, 11) is 0. The molecule has 3 heteroatoms. The highest BCUT2D eigenvalue weighted by atomic mass is 16.6. The van der Waals surface area contributed by atoms with E-state index in [2.05, 4.69) is 46.8 Å². The molecule has 0 N–H and O–H groups in total. The summed E-state index contributed by atoms with van der Waals surface area (Å²) in [6.45, 7) is 12.6. The number of rotatable bonds is 2. The highest BCUT2D eigenvalue weighted by Gasteiger charge is 2.52. The predicted molar refractivity (Wildman–Crippen MR) is 102 cm³/mol. The SMILES string of the molecule is CC(=O)O[C@H]1CCC(C)=CCCC(C)=CC[C@]2(C(C)C)CC[C@@]1(C)O2. The van der Waals surface area contributed by atoms with Crippen LogP contribution >= 0.6 is 0 Å². The number of carbonyl (C=O) groups excluding carboxylic acids is 1. The topological polar surface area (TPSA) is 35.5 Å². The van der Waals surface area contributed by atoms with Gasteiger partial charge in [0.15, 0.2) is 0 Å². The zero-order valence-corrected chi connectivity index (χ0v) is 17.0. The van der Waals surface area contributed by atoms with Gasteiger partial charge in [0.05, 0.1) is 5.60 Å². The van der Waals surface area contributed by atoms with Crippen LogP contribution in [0.15, 0.2) is 23.3 Å². The van der Waals surface area contributed by atoms with Crippen molar-refractivity contribution in [3.8, 4) is 0 Å². The molecule has 0 radical (unpaired) electrons. The third kappa shape index (κ3) is 4.97. The van der Waals surface area contributed by atoms with E-state index < -0.39 is 5.60 Å². The van der Waals surface area contributed by atoms with Crippen LogP contribution in [0.5, 0.6) is 0 Å². The third-order valence-electron chi connectivity index (χ3n) is 6.15. The van der Waals surface area contributed by atoms with Crippen molar-refractivity contribution in [1.29, 1.82) is 0 Å². The standard InChI is InChI=1S/C22H36O3/c1-16(2)22-13-12-18(4)9-7-8-17(3)10-11-20(24-19(5)23)21(6,25-22)14-15-22/h8,12,16,20H,7,9-11,13-15H2,1-6H3/t20-,21+,22+/m0/s1. The Bertz CT molecular complexity index is 545. The first kappa shape index (κ1) is 20.2. The Kier molecular flexibility index (Phi) is 6.53. The number of esters is 1. The fourth-order valence-corrected chi connectivity index (χ4v) is 4.18. The average molecular weight is 349 g/mol. The van der Waals surface area contributed by atoms with Gasteiger partial charge in [-0.25, -0.2) is 0 Å². The predicted octanol–water partition coefficient (Wildman–Crippen LogP) is 5.74. The van der Waals surface area contributed by atoms with E-state index in [4.69, 9.17) is 9.47 Å². The minimum absolute atomic E-state index is 0.148. The van der Waals surface area contributed by atoms with Crippen molar-refractivity contribution in [2.45, 2.75) is 104 Å². The van der Waals surface area contributed by atoms with Gasteiger partial charge in [-0.1, -0.05) is 37.1 Å². The number of hydrogen-bond acceptors (Lipinski definition) is 3. The molecule has 0 unspecified atom stereocenters. The number of fused-ring (bicyclic) bond motifs is 2. The molecule has 0 spiro atoms. The zero-order valence-electron chi connectivity index (χ0n) is 17.0. The van der Waals surface area contributed by atoms with Crippen LogP contribution in [0.25, 0.3) is 0 Å². The molecule has 1 saturated heterocycles. The second kappa shape index (κ2) is 8.07. The lowest BCUT2D eigenvalue weighted by molar-refractivity contribution is -0.186. The van der Waals surface area contributed by atoms with E-state index in [-0.39, 0.29) is 17.7 Å². The fourth-order valence-electron chi connectivity index (χ4n) is 4.18. The Morgan fingerprint density at radius 1 is 1.20 bits per heavy atom. The summed E-state index contributed by atoms with van der Waals surface area (Å²) in [6, 6.07) is 0. The van der Waals surface area contributed by atoms with E-state index in [0.717, 1.165) is 44.9 Å². The lowest BCUT2D eigenvalue weighted by atomic mass is 9.82. The summed E-state index contributed by atoms with van der Waals surface area (Å²) in [4.78, 5) is 11.7. The van der Waals surface area contributed by atoms with Gasteiger partial charge < -0.3 is 9.47 Å². The second-order valence-electron chi connectivity index (χ2n) is 8.61. The smallest absolute Gasteiger partial charge is 0.303 e. The molecule has 2 aliphatic heterocycles. The van der Waals surface area contributed by atoms with Crippen LogP contribution in [-0.2, 0) is 14.3 Å². The first-order valence-electron chi connectivity index (χ1n) is 9.85. The van der Waals surface area contributed by atoms with Gasteiger partial charge in [0.1, 0.15) is 11.7 Å². The van der Waals surface area contributed by atoms with Crippen LogP contribution in [0.3, 0.4) is 0 Å². The zero-order chi connectivity index (χ0) is 18.7. The van der Waals surface area contributed by atoms with E-state index in [1.807, 2.05) is 0 Å². The van der Waals surface area contributed by atoms with Crippen LogP contribution in [0.1, 0.15) is 86.5 Å². The maximum atomic E-state index is 11.7. The van der Waals surface area contributed by atoms with Crippen molar-refractivity contribution in [2.75, 3.05) is 0 Å². The molecule has 3 nitrogen and oxygen atoms in total. The number of carbonyl (C=O) groups is 1. The molecule has 2 heterocycles. The molecule has 0 aromatic carbocycles. The molecule has 1 fully saturated rings. The molecule has 2 bridgehead atoms. The van der Waals surface area contributed by atoms with Gasteiger partial charge in [-0.3, -0.25) is 4.79 Å². The maximum Gasteiger partial charge on any atom is 0.303 e. The van der Waals surface area contributed by atoms with Crippen molar-refractivity contribution < 1.29 is 14.3 Å². The fraction of sp³-hybridized carbons (Fsp3) is 0.773. The highest BCUT2D eigenvalue weighted by Crippen LogP contribution is 2.48. The monoisotopic (exact) mass is 348 g/mol. The Hall–Kier alpha value is -1.09. The third-order valence-corrected chi connectivity index (χ3v) is 6.15. The summed E-state index contributed by atoms with van der Waals surface area (Å²) in [6.07, 6.45) is 11.4. The Morgan fingerprint density at radius 2 is 1.88 bits per heavy atom. The van der Waals surface area contributed by atoms with Gasteiger partial charge in [-0.15, -0.1) is 0 Å². The van der Waals surface area contributed by atoms with Crippen molar-refractivity contribution in [3.63, 3.8) is 0 Å². The molecule has 142 valence electrons. The molecule has 0 saturated carbocycles. The molecule has 0 aromatic rings. The van der Waals surface area contributed by atoms with Gasteiger partial charge >= 0.3 is 5.97 Å². The summed E-state index contributed by atoms with van der Waals surface area (Å²) in [5.74, 6) is 0.222. The number of allylic oxidation sites excluding steroid dienone is 3. The quantitative estimate of drug-likeness (QED) is 0.471. The van der Waals surface area contributed by atoms with Crippen molar-refractivity contribution in [3.05, 3.63) is 23.3 Å². The maximum absolute atomic E-state index is 11.7. The molecular weight excluding hydrogens is 312 g/mol. The van der Waals surface area contributed by atoms with Crippen LogP contribution < -0.4 is 0 Å². The normalized spacial score (nSPS) is 34.4. The Labute approximate surface area is 153 Å². The van der Waals surface area contributed by atoms with Gasteiger partial charge in [0, 0.05) is 6.92 Å².